The lowest BCUT2D eigenvalue weighted by Crippen LogP contribution is -2.50. The Morgan fingerprint density at radius 2 is 1.80 bits per heavy atom. The molecule has 40 heavy (non-hydrogen) atoms. The summed E-state index contributed by atoms with van der Waals surface area (Å²) in [6.45, 7) is 13.0. The number of amides is 3. The first-order chi connectivity index (χ1) is 19.1. The standard InChI is InChI=1S/C29H38N6O3S2/c1-18(2)20(4)30-15-24-6-7-25(32-24)27(37)33-29-31-16-26(40-29)39-17-22-12-19(3)13-23(14-22)28(38)35-10-8-34(9-11-35)21(5)36/h6-7,12-14,16,18,20,30,32H,8-11,15,17H2,1-5H3,(H,31,33,37)/t20-/m1/s1. The molecule has 0 unspecified atom stereocenters. The molecule has 0 bridgehead atoms. The van der Waals surface area contributed by atoms with E-state index in [9.17, 15) is 14.4 Å². The molecule has 3 N–H and O–H groups in total. The number of piperazine rings is 1. The van der Waals surface area contributed by atoms with Crippen molar-refractivity contribution in [3.05, 3.63) is 64.6 Å². The van der Waals surface area contributed by atoms with Crippen LogP contribution in [0.15, 0.2) is 40.7 Å². The molecular formula is C29H38N6O3S2. The number of aromatic amines is 1. The third-order valence-corrected chi connectivity index (χ3v) is 9.27. The highest BCUT2D eigenvalue weighted by molar-refractivity contribution is 8.00. The minimum absolute atomic E-state index is 0.00127. The summed E-state index contributed by atoms with van der Waals surface area (Å²) in [6, 6.07) is 10.0. The monoisotopic (exact) mass is 582 g/mol. The zero-order valence-electron chi connectivity index (χ0n) is 23.7. The average molecular weight is 583 g/mol. The van der Waals surface area contributed by atoms with Gasteiger partial charge in [0.05, 0.1) is 10.4 Å². The molecule has 3 aromatic rings. The van der Waals surface area contributed by atoms with Crippen LogP contribution >= 0.6 is 23.1 Å². The minimum Gasteiger partial charge on any atom is -0.353 e. The first kappa shape index (κ1) is 29.8. The van der Waals surface area contributed by atoms with E-state index in [0.717, 1.165) is 21.0 Å². The number of carbonyl (C=O) groups is 3. The van der Waals surface area contributed by atoms with Gasteiger partial charge in [-0.25, -0.2) is 4.98 Å². The van der Waals surface area contributed by atoms with Gasteiger partial charge in [-0.2, -0.15) is 0 Å². The van der Waals surface area contributed by atoms with Gasteiger partial charge < -0.3 is 20.1 Å². The molecule has 0 saturated carbocycles. The molecule has 11 heteroatoms. The Bertz CT molecular complexity index is 1340. The lowest BCUT2D eigenvalue weighted by atomic mass is 10.1. The third-order valence-electron chi connectivity index (χ3n) is 7.09. The Hall–Kier alpha value is -3.15. The maximum absolute atomic E-state index is 13.1. The van der Waals surface area contributed by atoms with E-state index < -0.39 is 0 Å². The van der Waals surface area contributed by atoms with E-state index in [4.69, 9.17) is 0 Å². The maximum Gasteiger partial charge on any atom is 0.273 e. The summed E-state index contributed by atoms with van der Waals surface area (Å²) in [4.78, 5) is 48.6. The molecule has 1 aliphatic rings. The van der Waals surface area contributed by atoms with Crippen molar-refractivity contribution < 1.29 is 14.4 Å². The van der Waals surface area contributed by atoms with E-state index in [-0.39, 0.29) is 17.7 Å². The SMILES string of the molecule is CC(=O)N1CCN(C(=O)c2cc(C)cc(CSc3cnc(NC(=O)c4ccc(CN[C@H](C)C(C)C)[nH]4)s3)c2)CC1. The number of anilines is 1. The van der Waals surface area contributed by atoms with Crippen LogP contribution in [-0.2, 0) is 17.1 Å². The first-order valence-corrected chi connectivity index (χ1v) is 15.4. The fourth-order valence-electron chi connectivity index (χ4n) is 4.36. The van der Waals surface area contributed by atoms with Crippen molar-refractivity contribution in [1.29, 1.82) is 0 Å². The van der Waals surface area contributed by atoms with Crippen LogP contribution in [0, 0.1) is 12.8 Å². The van der Waals surface area contributed by atoms with Crippen LogP contribution in [0.3, 0.4) is 0 Å². The molecule has 0 radical (unpaired) electrons. The second kappa shape index (κ2) is 13.5. The molecule has 2 aromatic heterocycles. The number of nitrogens with zero attached hydrogens (tertiary/aromatic N) is 3. The molecule has 214 valence electrons. The Labute approximate surface area is 244 Å². The Morgan fingerprint density at radius 1 is 1.07 bits per heavy atom. The van der Waals surface area contributed by atoms with E-state index in [1.54, 1.807) is 35.8 Å². The number of rotatable bonds is 10. The highest BCUT2D eigenvalue weighted by Crippen LogP contribution is 2.31. The molecule has 4 rings (SSSR count). The number of H-pyrrole nitrogens is 1. The number of nitrogens with one attached hydrogen (secondary N) is 3. The van der Waals surface area contributed by atoms with Crippen molar-refractivity contribution in [3.63, 3.8) is 0 Å². The van der Waals surface area contributed by atoms with Gasteiger partial charge >= 0.3 is 0 Å². The summed E-state index contributed by atoms with van der Waals surface area (Å²) >= 11 is 3.05. The lowest BCUT2D eigenvalue weighted by molar-refractivity contribution is -0.130. The molecule has 9 nitrogen and oxygen atoms in total. The second-order valence-electron chi connectivity index (χ2n) is 10.5. The molecule has 3 amide bonds. The average Bonchev–Trinajstić information content (AvgIpc) is 3.59. The predicted octanol–water partition coefficient (Wildman–Crippen LogP) is 4.76. The summed E-state index contributed by atoms with van der Waals surface area (Å²) in [5.41, 5.74) is 4.21. The quantitative estimate of drug-likeness (QED) is 0.297. The molecule has 1 saturated heterocycles. The largest absolute Gasteiger partial charge is 0.353 e. The minimum atomic E-state index is -0.222. The van der Waals surface area contributed by atoms with Crippen molar-refractivity contribution >= 4 is 46.0 Å². The van der Waals surface area contributed by atoms with E-state index in [2.05, 4.69) is 47.4 Å². The summed E-state index contributed by atoms with van der Waals surface area (Å²) < 4.78 is 0.976. The van der Waals surface area contributed by atoms with Gasteiger partial charge in [0, 0.05) is 62.7 Å². The van der Waals surface area contributed by atoms with Crippen LogP contribution in [0.2, 0.25) is 0 Å². The van der Waals surface area contributed by atoms with Crippen molar-refractivity contribution in [1.82, 2.24) is 25.1 Å². The van der Waals surface area contributed by atoms with Crippen LogP contribution in [0.4, 0.5) is 5.13 Å². The number of thioether (sulfide) groups is 1. The zero-order chi connectivity index (χ0) is 28.8. The van der Waals surface area contributed by atoms with Gasteiger partial charge in [-0.1, -0.05) is 36.8 Å². The van der Waals surface area contributed by atoms with E-state index in [0.29, 0.717) is 66.8 Å². The number of benzene rings is 1. The van der Waals surface area contributed by atoms with Gasteiger partial charge in [0.25, 0.3) is 11.8 Å². The zero-order valence-corrected chi connectivity index (χ0v) is 25.4. The second-order valence-corrected chi connectivity index (χ2v) is 12.8. The molecule has 1 aliphatic heterocycles. The molecule has 0 spiro atoms. The predicted molar refractivity (Wildman–Crippen MR) is 161 cm³/mol. The van der Waals surface area contributed by atoms with Crippen molar-refractivity contribution in [3.8, 4) is 0 Å². The molecule has 0 aliphatic carbocycles. The van der Waals surface area contributed by atoms with Gasteiger partial charge in [-0.15, -0.1) is 11.8 Å². The van der Waals surface area contributed by atoms with Gasteiger partial charge in [0.1, 0.15) is 5.69 Å². The van der Waals surface area contributed by atoms with Crippen LogP contribution in [0.5, 0.6) is 0 Å². The van der Waals surface area contributed by atoms with E-state index in [1.807, 2.05) is 30.0 Å². The van der Waals surface area contributed by atoms with E-state index >= 15 is 0 Å². The van der Waals surface area contributed by atoms with Crippen molar-refractivity contribution in [2.45, 2.75) is 57.2 Å². The highest BCUT2D eigenvalue weighted by atomic mass is 32.2. The smallest absolute Gasteiger partial charge is 0.273 e. The Balaban J connectivity index is 1.30. The van der Waals surface area contributed by atoms with Crippen molar-refractivity contribution in [2.75, 3.05) is 31.5 Å². The van der Waals surface area contributed by atoms with Gasteiger partial charge in [0.2, 0.25) is 5.91 Å². The van der Waals surface area contributed by atoms with Gasteiger partial charge in [0.15, 0.2) is 5.13 Å². The normalized spacial score (nSPS) is 14.4. The van der Waals surface area contributed by atoms with E-state index in [1.165, 1.54) is 11.3 Å². The Kier molecular flexibility index (Phi) is 10.0. The number of hydrogen-bond acceptors (Lipinski definition) is 7. The number of aryl methyl sites for hydroxylation is 1. The number of thiazole rings is 1. The molecule has 1 aromatic carbocycles. The van der Waals surface area contributed by atoms with Crippen LogP contribution < -0.4 is 10.6 Å². The number of aromatic nitrogens is 2. The molecule has 3 heterocycles. The summed E-state index contributed by atoms with van der Waals surface area (Å²) in [5, 5.41) is 6.88. The van der Waals surface area contributed by atoms with Crippen LogP contribution in [0.25, 0.3) is 0 Å². The fourth-order valence-corrected chi connectivity index (χ4v) is 6.16. The maximum atomic E-state index is 13.1. The molecule has 1 atom stereocenters. The van der Waals surface area contributed by atoms with Crippen LogP contribution in [-0.4, -0.2) is 69.7 Å². The van der Waals surface area contributed by atoms with Crippen LogP contribution in [0.1, 0.15) is 65.4 Å². The highest BCUT2D eigenvalue weighted by Gasteiger charge is 2.23. The number of hydrogen-bond donors (Lipinski definition) is 3. The summed E-state index contributed by atoms with van der Waals surface area (Å²) in [5.74, 6) is 1.04. The molecule has 1 fully saturated rings. The van der Waals surface area contributed by atoms with Gasteiger partial charge in [-0.05, 0) is 49.6 Å². The topological polar surface area (TPSA) is 110 Å². The third kappa shape index (κ3) is 7.96. The summed E-state index contributed by atoms with van der Waals surface area (Å²) in [7, 11) is 0. The van der Waals surface area contributed by atoms with Crippen molar-refractivity contribution in [2.24, 2.45) is 5.92 Å². The number of carbonyl (C=O) groups excluding carboxylic acids is 3. The fraction of sp³-hybridized carbons (Fsp3) is 0.448. The Morgan fingerprint density at radius 3 is 2.50 bits per heavy atom. The van der Waals surface area contributed by atoms with Gasteiger partial charge in [-0.3, -0.25) is 19.7 Å². The lowest BCUT2D eigenvalue weighted by Gasteiger charge is -2.34. The summed E-state index contributed by atoms with van der Waals surface area (Å²) in [6.07, 6.45) is 1.76. The first-order valence-electron chi connectivity index (χ1n) is 13.6. The molecular weight excluding hydrogens is 544 g/mol.